The van der Waals surface area contributed by atoms with Crippen LogP contribution in [0.15, 0.2) is 51.5 Å². The average molecular weight is 449 g/mol. The van der Waals surface area contributed by atoms with Crippen molar-refractivity contribution in [2.24, 2.45) is 0 Å². The van der Waals surface area contributed by atoms with Crippen LogP contribution in [0, 0.1) is 6.92 Å². The van der Waals surface area contributed by atoms with Crippen molar-refractivity contribution in [3.63, 3.8) is 0 Å². The van der Waals surface area contributed by atoms with Crippen LogP contribution in [0.25, 0.3) is 17.0 Å². The molecule has 0 saturated carbocycles. The summed E-state index contributed by atoms with van der Waals surface area (Å²) < 4.78 is 11.1. The number of halogens is 1. The van der Waals surface area contributed by atoms with Gasteiger partial charge in [0.25, 0.3) is 0 Å². The summed E-state index contributed by atoms with van der Waals surface area (Å²) in [7, 11) is 0. The number of alkyl halides is 1. The van der Waals surface area contributed by atoms with Gasteiger partial charge in [-0.1, -0.05) is 46.4 Å². The lowest BCUT2D eigenvalue weighted by molar-refractivity contribution is -0.149. The van der Waals surface area contributed by atoms with Gasteiger partial charge in [-0.05, 0) is 32.9 Å². The Kier molecular flexibility index (Phi) is 4.89. The minimum Gasteiger partial charge on any atom is -0.441 e. The number of ether oxygens (including phenoxy) is 1. The van der Waals surface area contributed by atoms with Crippen molar-refractivity contribution in [3.8, 4) is 11.5 Å². The number of aromatic nitrogens is 1. The fraction of sp³-hybridized carbons (Fsp3) is 0.211. The lowest BCUT2D eigenvalue weighted by atomic mass is 9.97. The molecule has 0 bridgehead atoms. The highest BCUT2D eigenvalue weighted by atomic mass is 127. The zero-order valence-corrected chi connectivity index (χ0v) is 16.2. The van der Waals surface area contributed by atoms with E-state index in [1.807, 2.05) is 30.3 Å². The molecule has 3 rings (SSSR count). The third-order valence-electron chi connectivity index (χ3n) is 3.88. The maximum Gasteiger partial charge on any atom is 0.347 e. The van der Waals surface area contributed by atoms with Crippen LogP contribution in [0.1, 0.15) is 25.3 Å². The predicted molar refractivity (Wildman–Crippen MR) is 102 cm³/mol. The van der Waals surface area contributed by atoms with Crippen molar-refractivity contribution in [1.82, 2.24) is 4.98 Å². The summed E-state index contributed by atoms with van der Waals surface area (Å²) >= 11 is 2.15. The summed E-state index contributed by atoms with van der Waals surface area (Å²) in [6.07, 6.45) is 0. The number of cyclic esters (lactones) is 2. The smallest absolute Gasteiger partial charge is 0.347 e. The third kappa shape index (κ3) is 3.18. The van der Waals surface area contributed by atoms with E-state index < -0.39 is 11.9 Å². The number of nitrogens with zero attached hydrogens (tertiary/aromatic N) is 1. The molecule has 1 aromatic carbocycles. The SMILES string of the molecule is CC(C)=C1C(=O)OC(=O)C1=C(CI)c1nc(-c2ccccc2)oc1C. The molecule has 5 nitrogen and oxygen atoms in total. The Balaban J connectivity index is 2.20. The van der Waals surface area contributed by atoms with Crippen molar-refractivity contribution in [2.45, 2.75) is 20.8 Å². The fourth-order valence-corrected chi connectivity index (χ4v) is 3.49. The van der Waals surface area contributed by atoms with Crippen molar-refractivity contribution < 1.29 is 18.7 Å². The van der Waals surface area contributed by atoms with Gasteiger partial charge >= 0.3 is 11.9 Å². The number of allylic oxidation sites excluding steroid dienone is 2. The first kappa shape index (κ1) is 17.6. The van der Waals surface area contributed by atoms with E-state index in [1.54, 1.807) is 20.8 Å². The number of rotatable bonds is 3. The second-order valence-electron chi connectivity index (χ2n) is 5.83. The molecule has 0 N–H and O–H groups in total. The number of hydrogen-bond donors (Lipinski definition) is 0. The van der Waals surface area contributed by atoms with Crippen LogP contribution in [-0.2, 0) is 14.3 Å². The van der Waals surface area contributed by atoms with E-state index in [4.69, 9.17) is 9.15 Å². The number of carbonyl (C=O) groups is 2. The van der Waals surface area contributed by atoms with Gasteiger partial charge in [0.1, 0.15) is 11.5 Å². The molecule has 2 aromatic rings. The monoisotopic (exact) mass is 449 g/mol. The second-order valence-corrected chi connectivity index (χ2v) is 6.59. The minimum absolute atomic E-state index is 0.287. The van der Waals surface area contributed by atoms with Gasteiger partial charge in [-0.3, -0.25) is 0 Å². The highest BCUT2D eigenvalue weighted by Crippen LogP contribution is 2.35. The molecule has 0 unspecified atom stereocenters. The van der Waals surface area contributed by atoms with E-state index in [2.05, 4.69) is 27.6 Å². The Morgan fingerprint density at radius 3 is 2.32 bits per heavy atom. The van der Waals surface area contributed by atoms with Crippen molar-refractivity contribution in [3.05, 3.63) is 58.5 Å². The van der Waals surface area contributed by atoms with Gasteiger partial charge in [0.05, 0.1) is 11.1 Å². The second kappa shape index (κ2) is 6.95. The Labute approximate surface area is 158 Å². The lowest BCUT2D eigenvalue weighted by Gasteiger charge is -2.05. The van der Waals surface area contributed by atoms with E-state index in [0.29, 0.717) is 32.9 Å². The topological polar surface area (TPSA) is 69.4 Å². The summed E-state index contributed by atoms with van der Waals surface area (Å²) in [5, 5.41) is 0. The normalized spacial score (nSPS) is 16.2. The van der Waals surface area contributed by atoms with Crippen molar-refractivity contribution in [2.75, 3.05) is 4.43 Å². The molecule has 0 amide bonds. The lowest BCUT2D eigenvalue weighted by Crippen LogP contribution is -2.03. The van der Waals surface area contributed by atoms with Gasteiger partial charge in [-0.15, -0.1) is 0 Å². The molecule has 1 aromatic heterocycles. The zero-order chi connectivity index (χ0) is 18.1. The fourth-order valence-electron chi connectivity index (χ4n) is 2.75. The Morgan fingerprint density at radius 1 is 1.08 bits per heavy atom. The van der Waals surface area contributed by atoms with Crippen LogP contribution in [0.3, 0.4) is 0 Å². The quantitative estimate of drug-likeness (QED) is 0.230. The molecule has 1 saturated heterocycles. The van der Waals surface area contributed by atoms with E-state index in [0.717, 1.165) is 11.1 Å². The first-order chi connectivity index (χ1) is 11.9. The Morgan fingerprint density at radius 2 is 1.72 bits per heavy atom. The van der Waals surface area contributed by atoms with Gasteiger partial charge in [-0.2, -0.15) is 0 Å². The number of oxazole rings is 1. The van der Waals surface area contributed by atoms with Gasteiger partial charge < -0.3 is 9.15 Å². The highest BCUT2D eigenvalue weighted by Gasteiger charge is 2.37. The third-order valence-corrected chi connectivity index (χ3v) is 4.65. The molecule has 6 heteroatoms. The molecule has 1 fully saturated rings. The van der Waals surface area contributed by atoms with E-state index in [-0.39, 0.29) is 5.57 Å². The minimum atomic E-state index is -0.628. The molecular formula is C19H16INO4. The van der Waals surface area contributed by atoms with Crippen LogP contribution in [-0.4, -0.2) is 21.4 Å². The Hall–Kier alpha value is -2.22. The van der Waals surface area contributed by atoms with E-state index in [1.165, 1.54) is 0 Å². The number of carbonyl (C=O) groups excluding carboxylic acids is 2. The van der Waals surface area contributed by atoms with Crippen LogP contribution in [0.2, 0.25) is 0 Å². The van der Waals surface area contributed by atoms with Crippen molar-refractivity contribution in [1.29, 1.82) is 0 Å². The molecule has 0 radical (unpaired) electrons. The molecule has 2 heterocycles. The van der Waals surface area contributed by atoms with Crippen molar-refractivity contribution >= 4 is 40.1 Å². The van der Waals surface area contributed by atoms with Crippen LogP contribution in [0.5, 0.6) is 0 Å². The number of aryl methyl sites for hydroxylation is 1. The van der Waals surface area contributed by atoms with E-state index >= 15 is 0 Å². The molecular weight excluding hydrogens is 433 g/mol. The summed E-state index contributed by atoms with van der Waals surface area (Å²) in [5.41, 5.74) is 3.42. The molecule has 0 spiro atoms. The number of esters is 2. The first-order valence-corrected chi connectivity index (χ1v) is 9.23. The molecule has 1 aliphatic rings. The van der Waals surface area contributed by atoms with Gasteiger partial charge in [0.2, 0.25) is 5.89 Å². The van der Waals surface area contributed by atoms with E-state index in [9.17, 15) is 9.59 Å². The maximum absolute atomic E-state index is 12.3. The van der Waals surface area contributed by atoms with Crippen LogP contribution in [0.4, 0.5) is 0 Å². The summed E-state index contributed by atoms with van der Waals surface area (Å²) in [6, 6.07) is 9.53. The summed E-state index contributed by atoms with van der Waals surface area (Å²) in [6.45, 7) is 5.36. The number of hydrogen-bond acceptors (Lipinski definition) is 5. The highest BCUT2D eigenvalue weighted by molar-refractivity contribution is 14.1. The van der Waals surface area contributed by atoms with Gasteiger partial charge in [0, 0.05) is 15.6 Å². The average Bonchev–Trinajstić information content (AvgIpc) is 3.10. The number of benzene rings is 1. The van der Waals surface area contributed by atoms with Crippen LogP contribution >= 0.6 is 22.6 Å². The maximum atomic E-state index is 12.3. The standard InChI is InChI=1S/C19H16INO4/c1-10(2)14-15(19(23)25-18(14)22)13(9-20)16-11(3)24-17(21-16)12-7-5-4-6-8-12/h4-8H,9H2,1-3H3. The Bertz CT molecular complexity index is 918. The summed E-state index contributed by atoms with van der Waals surface area (Å²) in [5.74, 6) is -0.158. The van der Waals surface area contributed by atoms with Crippen LogP contribution < -0.4 is 0 Å². The largest absolute Gasteiger partial charge is 0.441 e. The molecule has 128 valence electrons. The molecule has 25 heavy (non-hydrogen) atoms. The van der Waals surface area contributed by atoms with Gasteiger partial charge in [0.15, 0.2) is 0 Å². The van der Waals surface area contributed by atoms with Gasteiger partial charge in [-0.25, -0.2) is 14.6 Å². The molecule has 0 atom stereocenters. The summed E-state index contributed by atoms with van der Waals surface area (Å²) in [4.78, 5) is 28.9. The zero-order valence-electron chi connectivity index (χ0n) is 14.1. The predicted octanol–water partition coefficient (Wildman–Crippen LogP) is 4.26. The first-order valence-electron chi connectivity index (χ1n) is 7.70. The molecule has 0 aliphatic carbocycles. The molecule has 1 aliphatic heterocycles.